The van der Waals surface area contributed by atoms with E-state index in [-0.39, 0.29) is 17.8 Å². The Kier molecular flexibility index (Phi) is 6.52. The van der Waals surface area contributed by atoms with Crippen molar-refractivity contribution in [2.24, 2.45) is 5.92 Å². The summed E-state index contributed by atoms with van der Waals surface area (Å²) in [6, 6.07) is 9.62. The molecule has 0 bridgehead atoms. The molecule has 1 aliphatic heterocycles. The lowest BCUT2D eigenvalue weighted by Gasteiger charge is -2.32. The first-order chi connectivity index (χ1) is 13.8. The number of nitrogens with zero attached hydrogens (tertiary/aromatic N) is 1. The Morgan fingerprint density at radius 3 is 2.21 bits per heavy atom. The number of amides is 3. The SMILES string of the molecule is Cc1cc(C)c(C(=O)NCC2CCN(C(=O)Nc3ccc(F)cc3)CC2)c(C)c1. The molecule has 5 nitrogen and oxygen atoms in total. The summed E-state index contributed by atoms with van der Waals surface area (Å²) >= 11 is 0. The van der Waals surface area contributed by atoms with Gasteiger partial charge < -0.3 is 15.5 Å². The van der Waals surface area contributed by atoms with E-state index in [1.54, 1.807) is 17.0 Å². The van der Waals surface area contributed by atoms with Crippen LogP contribution in [0.25, 0.3) is 0 Å². The van der Waals surface area contributed by atoms with Crippen LogP contribution in [0, 0.1) is 32.5 Å². The highest BCUT2D eigenvalue weighted by Crippen LogP contribution is 2.20. The van der Waals surface area contributed by atoms with Crippen LogP contribution in [0.4, 0.5) is 14.9 Å². The van der Waals surface area contributed by atoms with E-state index in [9.17, 15) is 14.0 Å². The second kappa shape index (κ2) is 9.07. The van der Waals surface area contributed by atoms with Crippen LogP contribution in [0.15, 0.2) is 36.4 Å². The molecule has 2 N–H and O–H groups in total. The molecule has 0 atom stereocenters. The van der Waals surface area contributed by atoms with Gasteiger partial charge in [-0.15, -0.1) is 0 Å². The van der Waals surface area contributed by atoms with Gasteiger partial charge >= 0.3 is 6.03 Å². The van der Waals surface area contributed by atoms with E-state index in [4.69, 9.17) is 0 Å². The number of hydrogen-bond acceptors (Lipinski definition) is 2. The molecule has 0 radical (unpaired) electrons. The number of halogens is 1. The first-order valence-electron chi connectivity index (χ1n) is 10.0. The third kappa shape index (κ3) is 5.34. The lowest BCUT2D eigenvalue weighted by molar-refractivity contribution is 0.0937. The van der Waals surface area contributed by atoms with Crippen LogP contribution in [-0.2, 0) is 0 Å². The minimum atomic E-state index is -0.332. The summed E-state index contributed by atoms with van der Waals surface area (Å²) < 4.78 is 13.0. The number of urea groups is 1. The van der Waals surface area contributed by atoms with Crippen LogP contribution < -0.4 is 10.6 Å². The van der Waals surface area contributed by atoms with Crippen molar-refractivity contribution in [1.82, 2.24) is 10.2 Å². The Labute approximate surface area is 171 Å². The second-order valence-electron chi connectivity index (χ2n) is 7.85. The van der Waals surface area contributed by atoms with Gasteiger partial charge in [-0.3, -0.25) is 4.79 Å². The van der Waals surface area contributed by atoms with Gasteiger partial charge in [0.15, 0.2) is 0 Å². The van der Waals surface area contributed by atoms with E-state index in [1.165, 1.54) is 12.1 Å². The average Bonchev–Trinajstić information content (AvgIpc) is 2.67. The normalized spacial score (nSPS) is 14.6. The molecule has 3 rings (SSSR count). The van der Waals surface area contributed by atoms with E-state index in [0.717, 1.165) is 35.1 Å². The van der Waals surface area contributed by atoms with E-state index in [2.05, 4.69) is 10.6 Å². The van der Waals surface area contributed by atoms with E-state index in [1.807, 2.05) is 32.9 Å². The topological polar surface area (TPSA) is 61.4 Å². The largest absolute Gasteiger partial charge is 0.352 e. The summed E-state index contributed by atoms with van der Waals surface area (Å²) in [7, 11) is 0. The standard InChI is InChI=1S/C23H28FN3O2/c1-15-12-16(2)21(17(3)13-15)22(28)25-14-18-8-10-27(11-9-18)23(29)26-20-6-4-19(24)5-7-20/h4-7,12-13,18H,8-11,14H2,1-3H3,(H,25,28)(H,26,29). The molecule has 2 aromatic carbocycles. The minimum Gasteiger partial charge on any atom is -0.352 e. The number of benzene rings is 2. The molecule has 0 aromatic heterocycles. The maximum Gasteiger partial charge on any atom is 0.321 e. The molecular weight excluding hydrogens is 369 g/mol. The van der Waals surface area contributed by atoms with Crippen molar-refractivity contribution in [3.63, 3.8) is 0 Å². The fourth-order valence-electron chi connectivity index (χ4n) is 3.94. The molecule has 0 saturated carbocycles. The molecule has 29 heavy (non-hydrogen) atoms. The number of nitrogens with one attached hydrogen (secondary N) is 2. The average molecular weight is 397 g/mol. The van der Waals surface area contributed by atoms with E-state index >= 15 is 0 Å². The van der Waals surface area contributed by atoms with Crippen molar-refractivity contribution in [2.45, 2.75) is 33.6 Å². The smallest absolute Gasteiger partial charge is 0.321 e. The Bertz CT molecular complexity index is 864. The van der Waals surface area contributed by atoms with Crippen LogP contribution >= 0.6 is 0 Å². The van der Waals surface area contributed by atoms with Crippen molar-refractivity contribution in [3.05, 3.63) is 64.5 Å². The number of carbonyl (C=O) groups excluding carboxylic acids is 2. The molecule has 1 saturated heterocycles. The van der Waals surface area contributed by atoms with Gasteiger partial charge in [-0.05, 0) is 74.9 Å². The van der Waals surface area contributed by atoms with Crippen LogP contribution in [0.1, 0.15) is 39.9 Å². The first kappa shape index (κ1) is 20.8. The maximum atomic E-state index is 13.0. The zero-order valence-corrected chi connectivity index (χ0v) is 17.2. The molecular formula is C23H28FN3O2. The fourth-order valence-corrected chi connectivity index (χ4v) is 3.94. The Hall–Kier alpha value is -2.89. The van der Waals surface area contributed by atoms with Crippen LogP contribution in [0.3, 0.4) is 0 Å². The summed E-state index contributed by atoms with van der Waals surface area (Å²) in [6.07, 6.45) is 1.67. The van der Waals surface area contributed by atoms with Gasteiger partial charge in [-0.25, -0.2) is 9.18 Å². The number of aryl methyl sites for hydroxylation is 3. The van der Waals surface area contributed by atoms with Crippen LogP contribution in [0.5, 0.6) is 0 Å². The molecule has 6 heteroatoms. The van der Waals surface area contributed by atoms with Gasteiger partial charge in [-0.1, -0.05) is 17.7 Å². The zero-order valence-electron chi connectivity index (χ0n) is 17.2. The third-order valence-electron chi connectivity index (χ3n) is 5.45. The summed E-state index contributed by atoms with van der Waals surface area (Å²) in [4.78, 5) is 26.8. The van der Waals surface area contributed by atoms with Gasteiger partial charge in [0.1, 0.15) is 5.82 Å². The van der Waals surface area contributed by atoms with Gasteiger partial charge in [0, 0.05) is 30.9 Å². The summed E-state index contributed by atoms with van der Waals surface area (Å²) in [5, 5.41) is 5.86. The highest BCUT2D eigenvalue weighted by Gasteiger charge is 2.23. The third-order valence-corrected chi connectivity index (χ3v) is 5.45. The molecule has 1 aliphatic rings. The molecule has 154 valence electrons. The van der Waals surface area contributed by atoms with Crippen molar-refractivity contribution < 1.29 is 14.0 Å². The van der Waals surface area contributed by atoms with Crippen molar-refractivity contribution in [2.75, 3.05) is 25.0 Å². The molecule has 0 spiro atoms. The Balaban J connectivity index is 1.47. The van der Waals surface area contributed by atoms with Crippen LogP contribution in [-0.4, -0.2) is 36.5 Å². The summed E-state index contributed by atoms with van der Waals surface area (Å²) in [6.45, 7) is 7.84. The zero-order chi connectivity index (χ0) is 21.0. The second-order valence-corrected chi connectivity index (χ2v) is 7.85. The van der Waals surface area contributed by atoms with Crippen molar-refractivity contribution in [3.8, 4) is 0 Å². The van der Waals surface area contributed by atoms with Gasteiger partial charge in [0.2, 0.25) is 0 Å². The Morgan fingerprint density at radius 2 is 1.62 bits per heavy atom. The highest BCUT2D eigenvalue weighted by molar-refractivity contribution is 5.97. The Morgan fingerprint density at radius 1 is 1.03 bits per heavy atom. The van der Waals surface area contributed by atoms with Gasteiger partial charge in [0.05, 0.1) is 0 Å². The monoisotopic (exact) mass is 397 g/mol. The molecule has 1 fully saturated rings. The quantitative estimate of drug-likeness (QED) is 0.802. The molecule has 1 heterocycles. The number of hydrogen-bond donors (Lipinski definition) is 2. The lowest BCUT2D eigenvalue weighted by Crippen LogP contribution is -2.43. The molecule has 3 amide bonds. The van der Waals surface area contributed by atoms with Gasteiger partial charge in [-0.2, -0.15) is 0 Å². The van der Waals surface area contributed by atoms with Crippen molar-refractivity contribution >= 4 is 17.6 Å². The fraction of sp³-hybridized carbons (Fsp3) is 0.391. The molecule has 0 aliphatic carbocycles. The van der Waals surface area contributed by atoms with Gasteiger partial charge in [0.25, 0.3) is 5.91 Å². The minimum absolute atomic E-state index is 0.0310. The number of likely N-dealkylation sites (tertiary alicyclic amines) is 1. The summed E-state index contributed by atoms with van der Waals surface area (Å²) in [5.41, 5.74) is 4.48. The predicted molar refractivity (Wildman–Crippen MR) is 113 cm³/mol. The highest BCUT2D eigenvalue weighted by atomic mass is 19.1. The maximum absolute atomic E-state index is 13.0. The molecule has 0 unspecified atom stereocenters. The van der Waals surface area contributed by atoms with E-state index in [0.29, 0.717) is 31.2 Å². The summed E-state index contributed by atoms with van der Waals surface area (Å²) in [5.74, 6) is -0.0155. The number of rotatable bonds is 4. The molecule has 2 aromatic rings. The van der Waals surface area contributed by atoms with Crippen LogP contribution in [0.2, 0.25) is 0 Å². The number of piperidine rings is 1. The first-order valence-corrected chi connectivity index (χ1v) is 10.0. The van der Waals surface area contributed by atoms with E-state index < -0.39 is 0 Å². The lowest BCUT2D eigenvalue weighted by atomic mass is 9.96. The van der Waals surface area contributed by atoms with Crippen molar-refractivity contribution in [1.29, 1.82) is 0 Å². The number of carbonyl (C=O) groups is 2. The predicted octanol–water partition coefficient (Wildman–Crippen LogP) is 4.42. The number of anilines is 1.